The highest BCUT2D eigenvalue weighted by atomic mass is 32.2. The van der Waals surface area contributed by atoms with Crippen molar-refractivity contribution >= 4 is 27.3 Å². The molecule has 0 radical (unpaired) electrons. The second-order valence-electron chi connectivity index (χ2n) is 7.08. The topological polar surface area (TPSA) is 66.5 Å². The van der Waals surface area contributed by atoms with E-state index in [4.69, 9.17) is 0 Å². The molecule has 0 fully saturated rings. The van der Waals surface area contributed by atoms with Crippen molar-refractivity contribution in [1.29, 1.82) is 0 Å². The highest BCUT2D eigenvalue weighted by Crippen LogP contribution is 2.31. The van der Waals surface area contributed by atoms with E-state index in [1.807, 2.05) is 19.9 Å². The predicted octanol–water partition coefficient (Wildman–Crippen LogP) is 3.70. The molecule has 0 atom stereocenters. The van der Waals surface area contributed by atoms with Gasteiger partial charge in [-0.2, -0.15) is 0 Å². The zero-order chi connectivity index (χ0) is 19.6. The van der Waals surface area contributed by atoms with Gasteiger partial charge in [0.2, 0.25) is 15.9 Å². The zero-order valence-corrected chi connectivity index (χ0v) is 16.2. The molecular formula is C20H23FN2O3S. The molecule has 0 aromatic heterocycles. The lowest BCUT2D eigenvalue weighted by Gasteiger charge is -2.31. The number of halogens is 1. The third-order valence-electron chi connectivity index (χ3n) is 4.51. The third kappa shape index (κ3) is 4.66. The van der Waals surface area contributed by atoms with E-state index in [9.17, 15) is 17.6 Å². The number of hydrogen-bond donors (Lipinski definition) is 1. The first-order chi connectivity index (χ1) is 12.7. The van der Waals surface area contributed by atoms with Crippen molar-refractivity contribution in [2.24, 2.45) is 5.92 Å². The van der Waals surface area contributed by atoms with Gasteiger partial charge in [0.05, 0.1) is 11.4 Å². The van der Waals surface area contributed by atoms with E-state index >= 15 is 0 Å². The molecule has 27 heavy (non-hydrogen) atoms. The van der Waals surface area contributed by atoms with Crippen LogP contribution in [0.2, 0.25) is 0 Å². The second kappa shape index (κ2) is 7.68. The third-order valence-corrected chi connectivity index (χ3v) is 5.77. The fourth-order valence-electron chi connectivity index (χ4n) is 3.19. The number of carbonyl (C=O) groups excluding carboxylic acids is 1. The Hall–Kier alpha value is -2.41. The summed E-state index contributed by atoms with van der Waals surface area (Å²) < 4.78 is 40.5. The van der Waals surface area contributed by atoms with Crippen LogP contribution in [0.15, 0.2) is 42.5 Å². The first kappa shape index (κ1) is 19.4. The van der Waals surface area contributed by atoms with Crippen LogP contribution < -0.4 is 9.62 Å². The Bertz CT molecular complexity index is 940. The molecule has 1 aliphatic rings. The summed E-state index contributed by atoms with van der Waals surface area (Å²) in [6.45, 7) is 4.34. The van der Waals surface area contributed by atoms with Gasteiger partial charge < -0.3 is 4.90 Å². The Morgan fingerprint density at radius 1 is 1.19 bits per heavy atom. The highest BCUT2D eigenvalue weighted by molar-refractivity contribution is 7.91. The molecule has 1 amide bonds. The Balaban J connectivity index is 1.82. The van der Waals surface area contributed by atoms with Gasteiger partial charge >= 0.3 is 0 Å². The molecule has 0 saturated carbocycles. The summed E-state index contributed by atoms with van der Waals surface area (Å²) >= 11 is 0. The maximum absolute atomic E-state index is 13.0. The van der Waals surface area contributed by atoms with E-state index in [0.29, 0.717) is 17.8 Å². The number of amides is 1. The molecule has 3 rings (SSSR count). The SMILES string of the molecule is CC(C)C(=O)N1CCCc2ccc(NS(=O)(=O)Cc3ccc(F)cc3)cc21. The zero-order valence-electron chi connectivity index (χ0n) is 15.4. The van der Waals surface area contributed by atoms with E-state index in [1.165, 1.54) is 24.3 Å². The van der Waals surface area contributed by atoms with E-state index in [-0.39, 0.29) is 17.6 Å². The summed E-state index contributed by atoms with van der Waals surface area (Å²) in [5, 5.41) is 0. The molecule has 1 heterocycles. The van der Waals surface area contributed by atoms with Crippen molar-refractivity contribution in [3.05, 3.63) is 59.4 Å². The summed E-state index contributed by atoms with van der Waals surface area (Å²) in [6, 6.07) is 10.7. The van der Waals surface area contributed by atoms with Gasteiger partial charge in [0, 0.05) is 18.2 Å². The Morgan fingerprint density at radius 2 is 1.89 bits per heavy atom. The Labute approximate surface area is 159 Å². The Kier molecular flexibility index (Phi) is 5.51. The number of aryl methyl sites for hydroxylation is 1. The maximum atomic E-state index is 13.0. The summed E-state index contributed by atoms with van der Waals surface area (Å²) in [7, 11) is -3.66. The fourth-order valence-corrected chi connectivity index (χ4v) is 4.38. The summed E-state index contributed by atoms with van der Waals surface area (Å²) in [5.74, 6) is -0.760. The summed E-state index contributed by atoms with van der Waals surface area (Å²) in [6.07, 6.45) is 1.75. The number of carbonyl (C=O) groups is 1. The number of sulfonamides is 1. The molecule has 1 N–H and O–H groups in total. The van der Waals surface area contributed by atoms with Crippen molar-refractivity contribution in [3.63, 3.8) is 0 Å². The van der Waals surface area contributed by atoms with Gasteiger partial charge in [-0.05, 0) is 48.2 Å². The van der Waals surface area contributed by atoms with Crippen LogP contribution in [0.4, 0.5) is 15.8 Å². The van der Waals surface area contributed by atoms with Gasteiger partial charge in [0.15, 0.2) is 0 Å². The van der Waals surface area contributed by atoms with E-state index in [2.05, 4.69) is 4.72 Å². The summed E-state index contributed by atoms with van der Waals surface area (Å²) in [5.41, 5.74) is 2.72. The molecule has 0 spiro atoms. The van der Waals surface area contributed by atoms with Crippen LogP contribution in [-0.4, -0.2) is 20.9 Å². The largest absolute Gasteiger partial charge is 0.312 e. The van der Waals surface area contributed by atoms with Crippen molar-refractivity contribution in [3.8, 4) is 0 Å². The van der Waals surface area contributed by atoms with Gasteiger partial charge in [-0.3, -0.25) is 9.52 Å². The maximum Gasteiger partial charge on any atom is 0.236 e. The molecule has 0 unspecified atom stereocenters. The van der Waals surface area contributed by atoms with E-state index < -0.39 is 15.8 Å². The fraction of sp³-hybridized carbons (Fsp3) is 0.350. The van der Waals surface area contributed by atoms with Gasteiger partial charge in [-0.25, -0.2) is 12.8 Å². The predicted molar refractivity (Wildman–Crippen MR) is 105 cm³/mol. The number of benzene rings is 2. The lowest BCUT2D eigenvalue weighted by Crippen LogP contribution is -2.38. The average Bonchev–Trinajstić information content (AvgIpc) is 2.62. The number of rotatable bonds is 5. The van der Waals surface area contributed by atoms with E-state index in [1.54, 1.807) is 17.0 Å². The first-order valence-electron chi connectivity index (χ1n) is 8.94. The van der Waals surface area contributed by atoms with Crippen LogP contribution in [0.1, 0.15) is 31.4 Å². The van der Waals surface area contributed by atoms with Crippen LogP contribution in [0.25, 0.3) is 0 Å². The summed E-state index contributed by atoms with van der Waals surface area (Å²) in [4.78, 5) is 14.2. The minimum atomic E-state index is -3.66. The lowest BCUT2D eigenvalue weighted by molar-refractivity contribution is -0.121. The molecule has 2 aromatic carbocycles. The second-order valence-corrected chi connectivity index (χ2v) is 8.80. The molecule has 0 aliphatic carbocycles. The average molecular weight is 390 g/mol. The monoisotopic (exact) mass is 390 g/mol. The van der Waals surface area contributed by atoms with Gasteiger partial charge in [0.25, 0.3) is 0 Å². The van der Waals surface area contributed by atoms with Crippen LogP contribution >= 0.6 is 0 Å². The molecular weight excluding hydrogens is 367 g/mol. The van der Waals surface area contributed by atoms with Crippen LogP contribution in [0.5, 0.6) is 0 Å². The van der Waals surface area contributed by atoms with Crippen molar-refractivity contribution in [2.75, 3.05) is 16.2 Å². The van der Waals surface area contributed by atoms with Crippen LogP contribution in [0, 0.1) is 11.7 Å². The van der Waals surface area contributed by atoms with Crippen molar-refractivity contribution < 1.29 is 17.6 Å². The van der Waals surface area contributed by atoms with Crippen molar-refractivity contribution in [1.82, 2.24) is 0 Å². The van der Waals surface area contributed by atoms with Gasteiger partial charge in [-0.1, -0.05) is 32.0 Å². The number of nitrogens with one attached hydrogen (secondary N) is 1. The molecule has 2 aromatic rings. The van der Waals surface area contributed by atoms with E-state index in [0.717, 1.165) is 24.1 Å². The molecule has 144 valence electrons. The van der Waals surface area contributed by atoms with Gasteiger partial charge in [0.1, 0.15) is 5.82 Å². The standard InChI is InChI=1S/C20H23FN2O3S/c1-14(2)20(24)23-11-3-4-16-7-10-18(12-19(16)23)22-27(25,26)13-15-5-8-17(21)9-6-15/h5-10,12,14,22H,3-4,11,13H2,1-2H3. The smallest absolute Gasteiger partial charge is 0.236 e. The number of nitrogens with zero attached hydrogens (tertiary/aromatic N) is 1. The molecule has 7 heteroatoms. The first-order valence-corrected chi connectivity index (χ1v) is 10.6. The van der Waals surface area contributed by atoms with Gasteiger partial charge in [-0.15, -0.1) is 0 Å². The number of anilines is 2. The van der Waals surface area contributed by atoms with Crippen LogP contribution in [0.3, 0.4) is 0 Å². The minimum Gasteiger partial charge on any atom is -0.312 e. The molecule has 0 bridgehead atoms. The normalized spacial score (nSPS) is 14.1. The molecule has 0 saturated heterocycles. The molecule has 5 nitrogen and oxygen atoms in total. The number of hydrogen-bond acceptors (Lipinski definition) is 3. The quantitative estimate of drug-likeness (QED) is 0.846. The minimum absolute atomic E-state index is 0.0299. The molecule has 1 aliphatic heterocycles. The van der Waals surface area contributed by atoms with Crippen LogP contribution in [-0.2, 0) is 27.0 Å². The highest BCUT2D eigenvalue weighted by Gasteiger charge is 2.25. The van der Waals surface area contributed by atoms with Crippen molar-refractivity contribution in [2.45, 2.75) is 32.4 Å². The lowest BCUT2D eigenvalue weighted by atomic mass is 9.99. The number of fused-ring (bicyclic) bond motifs is 1. The Morgan fingerprint density at radius 3 is 2.56 bits per heavy atom.